The van der Waals surface area contributed by atoms with E-state index >= 15 is 0 Å². The van der Waals surface area contributed by atoms with Crippen LogP contribution in [0.5, 0.6) is 0 Å². The third-order valence-corrected chi connectivity index (χ3v) is 5.57. The summed E-state index contributed by atoms with van der Waals surface area (Å²) in [6.07, 6.45) is 0. The van der Waals surface area contributed by atoms with Crippen molar-refractivity contribution in [3.8, 4) is 22.3 Å². The summed E-state index contributed by atoms with van der Waals surface area (Å²) in [6.45, 7) is 1.61. The summed E-state index contributed by atoms with van der Waals surface area (Å²) in [7, 11) is 0. The molecule has 0 radical (unpaired) electrons. The first-order chi connectivity index (χ1) is 14.2. The summed E-state index contributed by atoms with van der Waals surface area (Å²) in [6, 6.07) is 35.8. The molecule has 0 aliphatic rings. The molecule has 0 aliphatic carbocycles. The molecule has 0 bridgehead atoms. The monoisotopic (exact) mass is 372 g/mol. The molecule has 1 nitrogen and oxygen atoms in total. The highest BCUT2D eigenvalue weighted by Crippen LogP contribution is 2.43. The highest BCUT2D eigenvalue weighted by molar-refractivity contribution is 6.21. The predicted octanol–water partition coefficient (Wildman–Crippen LogP) is 7.53. The molecular formula is C28H20O. The van der Waals surface area contributed by atoms with Crippen LogP contribution in [-0.4, -0.2) is 5.78 Å². The second kappa shape index (κ2) is 7.03. The fraction of sp³-hybridized carbons (Fsp3) is 0.0357. The molecule has 0 N–H and O–H groups in total. The van der Waals surface area contributed by atoms with Gasteiger partial charge < -0.3 is 0 Å². The number of Topliss-reactive ketones (excluding diaryl/α,β-unsaturated/α-hetero) is 1. The van der Waals surface area contributed by atoms with Gasteiger partial charge in [0.1, 0.15) is 0 Å². The second-order valence-electron chi connectivity index (χ2n) is 7.34. The maximum Gasteiger partial charge on any atom is 0.159 e. The van der Waals surface area contributed by atoms with E-state index in [1.54, 1.807) is 6.92 Å². The van der Waals surface area contributed by atoms with Crippen LogP contribution < -0.4 is 0 Å². The highest BCUT2D eigenvalue weighted by atomic mass is 16.1. The van der Waals surface area contributed by atoms with Crippen LogP contribution in [0.1, 0.15) is 17.3 Å². The molecular weight excluding hydrogens is 352 g/mol. The van der Waals surface area contributed by atoms with Crippen LogP contribution in [0.15, 0.2) is 103 Å². The molecule has 0 heterocycles. The van der Waals surface area contributed by atoms with Crippen molar-refractivity contribution in [2.75, 3.05) is 0 Å². The van der Waals surface area contributed by atoms with Crippen LogP contribution in [0.4, 0.5) is 0 Å². The molecule has 5 aromatic rings. The summed E-state index contributed by atoms with van der Waals surface area (Å²) in [5, 5.41) is 4.92. The predicted molar refractivity (Wildman–Crippen MR) is 122 cm³/mol. The summed E-state index contributed by atoms with van der Waals surface area (Å²) in [4.78, 5) is 11.7. The minimum atomic E-state index is 0.0886. The lowest BCUT2D eigenvalue weighted by Gasteiger charge is -2.17. The zero-order chi connectivity index (χ0) is 19.8. The van der Waals surface area contributed by atoms with Crippen LogP contribution >= 0.6 is 0 Å². The minimum Gasteiger partial charge on any atom is -0.295 e. The van der Waals surface area contributed by atoms with E-state index in [1.807, 2.05) is 12.1 Å². The number of benzene rings is 5. The maximum atomic E-state index is 11.7. The van der Waals surface area contributed by atoms with Gasteiger partial charge >= 0.3 is 0 Å². The average molecular weight is 372 g/mol. The zero-order valence-electron chi connectivity index (χ0n) is 16.2. The number of rotatable bonds is 3. The van der Waals surface area contributed by atoms with Gasteiger partial charge in [-0.25, -0.2) is 0 Å². The van der Waals surface area contributed by atoms with E-state index in [9.17, 15) is 4.79 Å². The molecule has 5 rings (SSSR count). The lowest BCUT2D eigenvalue weighted by molar-refractivity contribution is 0.101. The number of carbonyl (C=O) groups is 1. The Bertz CT molecular complexity index is 1290. The van der Waals surface area contributed by atoms with Crippen molar-refractivity contribution in [1.29, 1.82) is 0 Å². The third-order valence-electron chi connectivity index (χ3n) is 5.57. The van der Waals surface area contributed by atoms with Gasteiger partial charge in [-0.1, -0.05) is 103 Å². The molecule has 0 saturated heterocycles. The van der Waals surface area contributed by atoms with Gasteiger partial charge in [0.05, 0.1) is 0 Å². The van der Waals surface area contributed by atoms with E-state index < -0.39 is 0 Å². The molecule has 29 heavy (non-hydrogen) atoms. The van der Waals surface area contributed by atoms with Gasteiger partial charge in [-0.15, -0.1) is 0 Å². The van der Waals surface area contributed by atoms with E-state index in [0.717, 1.165) is 11.1 Å². The van der Waals surface area contributed by atoms with Gasteiger partial charge in [0, 0.05) is 5.56 Å². The molecule has 0 saturated carbocycles. The topological polar surface area (TPSA) is 17.1 Å². The Kier molecular flexibility index (Phi) is 4.22. The zero-order valence-corrected chi connectivity index (χ0v) is 16.2. The summed E-state index contributed by atoms with van der Waals surface area (Å²) < 4.78 is 0. The van der Waals surface area contributed by atoms with E-state index in [2.05, 4.69) is 91.0 Å². The number of hydrogen-bond donors (Lipinski definition) is 0. The van der Waals surface area contributed by atoms with Gasteiger partial charge in [-0.05, 0) is 50.7 Å². The Morgan fingerprint density at radius 1 is 0.483 bits per heavy atom. The smallest absolute Gasteiger partial charge is 0.159 e. The standard InChI is InChI=1S/C28H20O/c1-19(29)20-15-17-22(18-16-20)28-25-13-7-5-11-23(25)27(21-9-3-2-4-10-21)24-12-6-8-14-26(24)28/h2-18H,1H3. The van der Waals surface area contributed by atoms with Gasteiger partial charge in [-0.2, -0.15) is 0 Å². The van der Waals surface area contributed by atoms with Gasteiger partial charge in [-0.3, -0.25) is 4.79 Å². The van der Waals surface area contributed by atoms with Gasteiger partial charge in [0.2, 0.25) is 0 Å². The molecule has 0 aliphatic heterocycles. The normalized spacial score (nSPS) is 11.1. The van der Waals surface area contributed by atoms with Crippen molar-refractivity contribution in [2.24, 2.45) is 0 Å². The maximum absolute atomic E-state index is 11.7. The van der Waals surface area contributed by atoms with E-state index in [1.165, 1.54) is 38.2 Å². The summed E-state index contributed by atoms with van der Waals surface area (Å²) in [5.41, 5.74) is 5.57. The van der Waals surface area contributed by atoms with Crippen molar-refractivity contribution < 1.29 is 4.79 Å². The van der Waals surface area contributed by atoms with Crippen LogP contribution in [0.3, 0.4) is 0 Å². The molecule has 138 valence electrons. The molecule has 1 heteroatoms. The minimum absolute atomic E-state index is 0.0886. The second-order valence-corrected chi connectivity index (χ2v) is 7.34. The third kappa shape index (κ3) is 2.92. The van der Waals surface area contributed by atoms with Crippen molar-refractivity contribution in [1.82, 2.24) is 0 Å². The summed E-state index contributed by atoms with van der Waals surface area (Å²) >= 11 is 0. The first-order valence-corrected chi connectivity index (χ1v) is 9.84. The number of fused-ring (bicyclic) bond motifs is 2. The number of ketones is 1. The molecule has 0 amide bonds. The highest BCUT2D eigenvalue weighted by Gasteiger charge is 2.16. The Morgan fingerprint density at radius 3 is 1.28 bits per heavy atom. The van der Waals surface area contributed by atoms with Crippen molar-refractivity contribution in [3.05, 3.63) is 109 Å². The fourth-order valence-electron chi connectivity index (χ4n) is 4.23. The molecule has 0 fully saturated rings. The van der Waals surface area contributed by atoms with Crippen molar-refractivity contribution in [3.63, 3.8) is 0 Å². The number of hydrogen-bond acceptors (Lipinski definition) is 1. The van der Waals surface area contributed by atoms with Crippen LogP contribution in [0.2, 0.25) is 0 Å². The largest absolute Gasteiger partial charge is 0.295 e. The van der Waals surface area contributed by atoms with Crippen LogP contribution in [-0.2, 0) is 0 Å². The lowest BCUT2D eigenvalue weighted by Crippen LogP contribution is -1.93. The Labute approximate surface area is 170 Å². The van der Waals surface area contributed by atoms with Crippen molar-refractivity contribution in [2.45, 2.75) is 6.92 Å². The first kappa shape index (κ1) is 17.4. The molecule has 0 atom stereocenters. The van der Waals surface area contributed by atoms with E-state index in [4.69, 9.17) is 0 Å². The van der Waals surface area contributed by atoms with E-state index in [0.29, 0.717) is 0 Å². The average Bonchev–Trinajstić information content (AvgIpc) is 2.78. The SMILES string of the molecule is CC(=O)c1ccc(-c2c3ccccc3c(-c3ccccc3)c3ccccc23)cc1. The molecule has 0 aromatic heterocycles. The Hall–Kier alpha value is -3.71. The quantitative estimate of drug-likeness (QED) is 0.236. The van der Waals surface area contributed by atoms with E-state index in [-0.39, 0.29) is 5.78 Å². The fourth-order valence-corrected chi connectivity index (χ4v) is 4.23. The first-order valence-electron chi connectivity index (χ1n) is 9.84. The Balaban J connectivity index is 1.92. The van der Waals surface area contributed by atoms with Gasteiger partial charge in [0.15, 0.2) is 5.78 Å². The number of carbonyl (C=O) groups excluding carboxylic acids is 1. The van der Waals surface area contributed by atoms with Gasteiger partial charge in [0.25, 0.3) is 0 Å². The summed E-state index contributed by atoms with van der Waals surface area (Å²) in [5.74, 6) is 0.0886. The molecule has 0 spiro atoms. The van der Waals surface area contributed by atoms with Crippen LogP contribution in [0.25, 0.3) is 43.8 Å². The lowest BCUT2D eigenvalue weighted by atomic mass is 9.86. The van der Waals surface area contributed by atoms with Crippen LogP contribution in [0, 0.1) is 0 Å². The molecule has 5 aromatic carbocycles. The molecule has 0 unspecified atom stereocenters. The Morgan fingerprint density at radius 2 is 0.862 bits per heavy atom. The van der Waals surface area contributed by atoms with Crippen molar-refractivity contribution >= 4 is 27.3 Å².